The third-order valence-electron chi connectivity index (χ3n) is 4.25. The van der Waals surface area contributed by atoms with Gasteiger partial charge in [-0.3, -0.25) is 0 Å². The first-order valence-electron chi connectivity index (χ1n) is 8.44. The molecule has 0 bridgehead atoms. The minimum atomic E-state index is -0.460. The van der Waals surface area contributed by atoms with E-state index in [0.29, 0.717) is 23.4 Å². The number of halogens is 2. The fourth-order valence-electron chi connectivity index (χ4n) is 2.49. The van der Waals surface area contributed by atoms with Crippen molar-refractivity contribution in [3.63, 3.8) is 0 Å². The van der Waals surface area contributed by atoms with Gasteiger partial charge in [0.05, 0.1) is 23.4 Å². The molecule has 1 aromatic carbocycles. The fourth-order valence-corrected chi connectivity index (χ4v) is 2.67. The molecular weight excluding hydrogens is 343 g/mol. The lowest BCUT2D eigenvalue weighted by Gasteiger charge is -2.20. The highest BCUT2D eigenvalue weighted by molar-refractivity contribution is 6.31. The average molecular weight is 365 g/mol. The molecule has 0 saturated heterocycles. The van der Waals surface area contributed by atoms with Crippen molar-refractivity contribution >= 4 is 29.1 Å². The Morgan fingerprint density at radius 1 is 1.28 bits per heavy atom. The highest BCUT2D eigenvalue weighted by atomic mass is 35.5. The SMILES string of the molecule is CC(C)[C@H](CO)Nc1nc(Nc2ccc(F)c(Cl)c2)cc(C2CC2)n1. The standard InChI is InChI=1S/C18H22ClFN4O/c1-10(2)16(9-25)23-18-22-15(11-3-4-11)8-17(24-18)21-12-5-6-14(20)13(19)7-12/h5-8,10-11,16,25H,3-4,9H2,1-2H3,(H2,21,22,23,24)/t16-/m0/s1. The maximum absolute atomic E-state index is 13.3. The number of nitrogens with one attached hydrogen (secondary N) is 2. The number of aromatic nitrogens is 2. The molecule has 1 heterocycles. The van der Waals surface area contributed by atoms with E-state index in [1.165, 1.54) is 12.1 Å². The molecule has 0 unspecified atom stereocenters. The molecular formula is C18H22ClFN4O. The molecule has 2 aromatic rings. The van der Waals surface area contributed by atoms with Crippen molar-refractivity contribution in [2.24, 2.45) is 5.92 Å². The van der Waals surface area contributed by atoms with E-state index in [9.17, 15) is 9.50 Å². The van der Waals surface area contributed by atoms with E-state index in [1.54, 1.807) is 6.07 Å². The molecule has 25 heavy (non-hydrogen) atoms. The van der Waals surface area contributed by atoms with Gasteiger partial charge in [0.1, 0.15) is 11.6 Å². The Bertz CT molecular complexity index is 752. The Labute approximate surface area is 151 Å². The van der Waals surface area contributed by atoms with Gasteiger partial charge in [-0.2, -0.15) is 4.98 Å². The third-order valence-corrected chi connectivity index (χ3v) is 4.54. The number of aliphatic hydroxyl groups is 1. The third kappa shape index (κ3) is 4.58. The van der Waals surface area contributed by atoms with E-state index in [-0.39, 0.29) is 23.6 Å². The summed E-state index contributed by atoms with van der Waals surface area (Å²) in [7, 11) is 0. The molecule has 0 aliphatic heterocycles. The highest BCUT2D eigenvalue weighted by Crippen LogP contribution is 2.40. The predicted molar refractivity (Wildman–Crippen MR) is 98.0 cm³/mol. The van der Waals surface area contributed by atoms with Crippen molar-refractivity contribution in [2.45, 2.75) is 38.6 Å². The molecule has 1 aromatic heterocycles. The summed E-state index contributed by atoms with van der Waals surface area (Å²) in [5.74, 6) is 1.33. The summed E-state index contributed by atoms with van der Waals surface area (Å²) in [6.45, 7) is 4.06. The fraction of sp³-hybridized carbons (Fsp3) is 0.444. The quantitative estimate of drug-likeness (QED) is 0.682. The Balaban J connectivity index is 1.86. The zero-order valence-corrected chi connectivity index (χ0v) is 15.0. The maximum Gasteiger partial charge on any atom is 0.225 e. The molecule has 1 atom stereocenters. The number of rotatable bonds is 7. The maximum atomic E-state index is 13.3. The molecule has 3 N–H and O–H groups in total. The van der Waals surface area contributed by atoms with E-state index in [0.717, 1.165) is 18.5 Å². The Morgan fingerprint density at radius 3 is 2.64 bits per heavy atom. The molecule has 134 valence electrons. The number of hydrogen-bond donors (Lipinski definition) is 3. The van der Waals surface area contributed by atoms with Gasteiger partial charge in [0.25, 0.3) is 0 Å². The molecule has 1 saturated carbocycles. The van der Waals surface area contributed by atoms with Crippen LogP contribution in [0.5, 0.6) is 0 Å². The molecule has 1 aliphatic carbocycles. The lowest BCUT2D eigenvalue weighted by atomic mass is 10.1. The first kappa shape index (κ1) is 17.9. The van der Waals surface area contributed by atoms with Crippen LogP contribution in [0.1, 0.15) is 38.3 Å². The van der Waals surface area contributed by atoms with Gasteiger partial charge in [0, 0.05) is 17.7 Å². The molecule has 0 radical (unpaired) electrons. The van der Waals surface area contributed by atoms with Crippen molar-refractivity contribution in [3.8, 4) is 0 Å². The predicted octanol–water partition coefficient (Wildman–Crippen LogP) is 4.32. The summed E-state index contributed by atoms with van der Waals surface area (Å²) in [6, 6.07) is 6.23. The van der Waals surface area contributed by atoms with Crippen LogP contribution in [0.25, 0.3) is 0 Å². The smallest absolute Gasteiger partial charge is 0.225 e. The van der Waals surface area contributed by atoms with Gasteiger partial charge in [-0.25, -0.2) is 9.37 Å². The van der Waals surface area contributed by atoms with Crippen LogP contribution in [-0.2, 0) is 0 Å². The van der Waals surface area contributed by atoms with Crippen molar-refractivity contribution in [1.29, 1.82) is 0 Å². The first-order chi connectivity index (χ1) is 12.0. The lowest BCUT2D eigenvalue weighted by molar-refractivity contribution is 0.248. The molecule has 3 rings (SSSR count). The molecule has 0 amide bonds. The van der Waals surface area contributed by atoms with E-state index in [4.69, 9.17) is 11.6 Å². The van der Waals surface area contributed by atoms with E-state index < -0.39 is 5.82 Å². The second-order valence-corrected chi connectivity index (χ2v) is 7.11. The largest absolute Gasteiger partial charge is 0.394 e. The van der Waals surface area contributed by atoms with Crippen LogP contribution in [0.3, 0.4) is 0 Å². The van der Waals surface area contributed by atoms with Crippen molar-refractivity contribution < 1.29 is 9.50 Å². The monoisotopic (exact) mass is 364 g/mol. The van der Waals surface area contributed by atoms with E-state index in [1.807, 2.05) is 19.9 Å². The highest BCUT2D eigenvalue weighted by Gasteiger charge is 2.26. The summed E-state index contributed by atoms with van der Waals surface area (Å²) in [6.07, 6.45) is 2.23. The topological polar surface area (TPSA) is 70.1 Å². The summed E-state index contributed by atoms with van der Waals surface area (Å²) < 4.78 is 13.3. The van der Waals surface area contributed by atoms with Crippen LogP contribution >= 0.6 is 11.6 Å². The van der Waals surface area contributed by atoms with E-state index in [2.05, 4.69) is 20.6 Å². The summed E-state index contributed by atoms with van der Waals surface area (Å²) in [5, 5.41) is 15.9. The van der Waals surface area contributed by atoms with Crippen molar-refractivity contribution in [3.05, 3.63) is 40.8 Å². The van der Waals surface area contributed by atoms with Crippen LogP contribution in [0.2, 0.25) is 5.02 Å². The lowest BCUT2D eigenvalue weighted by Crippen LogP contribution is -2.30. The zero-order valence-electron chi connectivity index (χ0n) is 14.3. The van der Waals surface area contributed by atoms with Crippen LogP contribution in [0, 0.1) is 11.7 Å². The summed E-state index contributed by atoms with van der Waals surface area (Å²) in [4.78, 5) is 9.06. The number of aliphatic hydroxyl groups excluding tert-OH is 1. The Hall–Kier alpha value is -1.92. The molecule has 1 fully saturated rings. The minimum absolute atomic E-state index is 0.00498. The zero-order chi connectivity index (χ0) is 18.0. The second kappa shape index (κ2) is 7.54. The van der Waals surface area contributed by atoms with Gasteiger partial charge in [0.15, 0.2) is 0 Å². The van der Waals surface area contributed by atoms with Gasteiger partial charge in [0.2, 0.25) is 5.95 Å². The molecule has 5 nitrogen and oxygen atoms in total. The van der Waals surface area contributed by atoms with Gasteiger partial charge >= 0.3 is 0 Å². The van der Waals surface area contributed by atoms with Crippen LogP contribution in [-0.4, -0.2) is 27.7 Å². The first-order valence-corrected chi connectivity index (χ1v) is 8.82. The van der Waals surface area contributed by atoms with Gasteiger partial charge in [-0.1, -0.05) is 25.4 Å². The Morgan fingerprint density at radius 2 is 2.04 bits per heavy atom. The van der Waals surface area contributed by atoms with Crippen molar-refractivity contribution in [1.82, 2.24) is 9.97 Å². The second-order valence-electron chi connectivity index (χ2n) is 6.71. The minimum Gasteiger partial charge on any atom is -0.394 e. The number of anilines is 3. The van der Waals surface area contributed by atoms with Gasteiger partial charge in [-0.15, -0.1) is 0 Å². The number of nitrogens with zero attached hydrogens (tertiary/aromatic N) is 2. The van der Waals surface area contributed by atoms with Gasteiger partial charge in [-0.05, 0) is 37.0 Å². The van der Waals surface area contributed by atoms with Crippen LogP contribution in [0.4, 0.5) is 21.8 Å². The summed E-state index contributed by atoms with van der Waals surface area (Å²) in [5.41, 5.74) is 1.62. The molecule has 7 heteroatoms. The Kier molecular flexibility index (Phi) is 5.39. The average Bonchev–Trinajstić information content (AvgIpc) is 3.40. The normalized spacial score (nSPS) is 15.3. The van der Waals surface area contributed by atoms with Crippen LogP contribution in [0.15, 0.2) is 24.3 Å². The van der Waals surface area contributed by atoms with E-state index >= 15 is 0 Å². The molecule has 0 spiro atoms. The van der Waals surface area contributed by atoms with Crippen LogP contribution < -0.4 is 10.6 Å². The number of hydrogen-bond acceptors (Lipinski definition) is 5. The van der Waals surface area contributed by atoms with Gasteiger partial charge < -0.3 is 15.7 Å². The number of benzene rings is 1. The van der Waals surface area contributed by atoms with Crippen molar-refractivity contribution in [2.75, 3.05) is 17.2 Å². The summed E-state index contributed by atoms with van der Waals surface area (Å²) >= 11 is 5.84. The molecule has 1 aliphatic rings.